The summed E-state index contributed by atoms with van der Waals surface area (Å²) in [5.74, 6) is 1.88. The molecule has 0 atom stereocenters. The van der Waals surface area contributed by atoms with Crippen LogP contribution < -0.4 is 9.47 Å². The summed E-state index contributed by atoms with van der Waals surface area (Å²) in [7, 11) is 0. The minimum absolute atomic E-state index is 0.0964. The minimum Gasteiger partial charge on any atom is -0.494 e. The molecule has 0 amide bonds. The van der Waals surface area contributed by atoms with Crippen LogP contribution in [0.5, 0.6) is 11.5 Å². The first-order chi connectivity index (χ1) is 57.4. The summed E-state index contributed by atoms with van der Waals surface area (Å²) in [6, 6.07) is 92.9. The van der Waals surface area contributed by atoms with E-state index in [1.165, 1.54) is 220 Å². The monoisotopic (exact) mass is 1580 g/mol. The fourth-order valence-electron chi connectivity index (χ4n) is 18.1. The molecule has 0 N–H and O–H groups in total. The van der Waals surface area contributed by atoms with E-state index in [4.69, 9.17) is 9.47 Å². The van der Waals surface area contributed by atoms with Gasteiger partial charge in [0.15, 0.2) is 0 Å². The lowest BCUT2D eigenvalue weighted by Gasteiger charge is -2.34. The van der Waals surface area contributed by atoms with E-state index in [0.717, 1.165) is 37.6 Å². The quantitative estimate of drug-likeness (QED) is 0.0562. The fraction of sp³-hybridized carbons (Fsp3) is 0.431. The number of ether oxygens (including phenoxy) is 2. The van der Waals surface area contributed by atoms with Crippen molar-refractivity contribution < 1.29 is 9.47 Å². The highest BCUT2D eigenvalue weighted by Crippen LogP contribution is 2.64. The number of rotatable bonds is 24. The van der Waals surface area contributed by atoms with Crippen LogP contribution in [-0.2, 0) is 27.1 Å². The van der Waals surface area contributed by atoms with Crippen LogP contribution in [0.1, 0.15) is 351 Å². The Morgan fingerprint density at radius 2 is 0.483 bits per heavy atom. The van der Waals surface area contributed by atoms with Crippen LogP contribution in [0.15, 0.2) is 249 Å². The third-order valence-electron chi connectivity index (χ3n) is 23.3. The molecule has 15 rings (SSSR count). The van der Waals surface area contributed by atoms with E-state index >= 15 is 0 Å². The smallest absolute Gasteiger partial charge is 0.119 e. The molecule has 0 saturated carbocycles. The van der Waals surface area contributed by atoms with Gasteiger partial charge in [-0.05, 0) is 193 Å². The molecule has 0 saturated heterocycles. The number of unbranched alkanes of at least 4 members (excludes halogenated alkanes) is 12. The van der Waals surface area contributed by atoms with Crippen LogP contribution in [0.4, 0.5) is 0 Å². The summed E-state index contributed by atoms with van der Waals surface area (Å²) in [5.41, 5.74) is 31.8. The lowest BCUT2D eigenvalue weighted by atomic mass is 9.68. The van der Waals surface area contributed by atoms with E-state index in [-0.39, 0.29) is 21.7 Å². The first-order valence-corrected chi connectivity index (χ1v) is 46.8. The van der Waals surface area contributed by atoms with Gasteiger partial charge in [-0.3, -0.25) is 0 Å². The summed E-state index contributed by atoms with van der Waals surface area (Å²) < 4.78 is 12.2. The summed E-state index contributed by atoms with van der Waals surface area (Å²) in [6.07, 6.45) is 23.1. The highest BCUT2D eigenvalue weighted by Gasteiger charge is 2.53. The maximum atomic E-state index is 6.11. The van der Waals surface area contributed by atoms with E-state index in [1.54, 1.807) is 11.1 Å². The predicted octanol–water partition coefficient (Wildman–Crippen LogP) is 35.3. The molecule has 632 valence electrons. The molecule has 4 aliphatic carbocycles. The number of fused-ring (bicyclic) bond motifs is 16. The lowest BCUT2D eigenvalue weighted by Crippen LogP contribution is -2.28. The number of aryl methyl sites for hydroxylation is 3. The van der Waals surface area contributed by atoms with Crippen molar-refractivity contribution in [3.05, 3.63) is 332 Å². The van der Waals surface area contributed by atoms with Gasteiger partial charge in [-0.2, -0.15) is 0 Å². The number of hydrogen-bond donors (Lipinski definition) is 0. The Morgan fingerprint density at radius 3 is 0.763 bits per heavy atom. The standard InChI is InChI=1S/C37H42O2.C33H32.C25H34.C9H12.6C2H6/c1-3-5-7-13-27-38-31-23-19-29(20-24-31)37(30-21-25-32(26-22-30)39-28-14-8-6-4-2)35-17-11-9-15-33(35)34-16-10-12-18-36(34)37;1-31(2,3)21-15-17-25-26-18-16-22(32(4,5)6)20-30(26)33(29(25)19-21)27-13-9-7-11-23(27)24-12-8-10-14-28(24)33;1-3-5-7-13-19-25(20-14-8-6-4-2)23-17-11-9-15-21(23)22-16-10-12-18-24(22)25;1-7-4-8(2)6-9(3)5-7;6*1-2/h9-12,15-26H,3-8,13-14,27-28H2,1-2H3;7-20H,1-6H3;9-12,15-18H,3-8,13-14,19-20H2,1-2H3;4-6H,1-3H3;6*1-2H3. The minimum atomic E-state index is -0.396. The average molecular weight is 1580 g/mol. The molecule has 118 heavy (non-hydrogen) atoms. The second-order valence-electron chi connectivity index (χ2n) is 33.0. The van der Waals surface area contributed by atoms with E-state index in [0.29, 0.717) is 0 Å². The zero-order chi connectivity index (χ0) is 86.5. The molecular weight excluding hydrogens is 1430 g/mol. The highest BCUT2D eigenvalue weighted by atomic mass is 16.5. The molecule has 0 radical (unpaired) electrons. The van der Waals surface area contributed by atoms with Crippen LogP contribution in [0.2, 0.25) is 0 Å². The van der Waals surface area contributed by atoms with Gasteiger partial charge in [0.25, 0.3) is 0 Å². The van der Waals surface area contributed by atoms with E-state index < -0.39 is 5.41 Å². The van der Waals surface area contributed by atoms with Gasteiger partial charge in [-0.25, -0.2) is 0 Å². The van der Waals surface area contributed by atoms with Crippen LogP contribution >= 0.6 is 0 Å². The zero-order valence-corrected chi connectivity index (χ0v) is 78.6. The Morgan fingerprint density at radius 1 is 0.237 bits per heavy atom. The normalized spacial score (nSPS) is 12.7. The zero-order valence-electron chi connectivity index (χ0n) is 78.6. The topological polar surface area (TPSA) is 18.5 Å². The highest BCUT2D eigenvalue weighted by molar-refractivity contribution is 5.95. The Bertz CT molecular complexity index is 4390. The first-order valence-electron chi connectivity index (χ1n) is 46.8. The molecule has 0 unspecified atom stereocenters. The number of benzene rings is 11. The summed E-state index contributed by atoms with van der Waals surface area (Å²) in [4.78, 5) is 0. The van der Waals surface area contributed by atoms with Crippen molar-refractivity contribution in [3.8, 4) is 56.0 Å². The third kappa shape index (κ3) is 22.5. The molecule has 0 aromatic heterocycles. The van der Waals surface area contributed by atoms with Gasteiger partial charge in [-0.15, -0.1) is 0 Å². The van der Waals surface area contributed by atoms with Crippen LogP contribution in [0.25, 0.3) is 44.5 Å². The van der Waals surface area contributed by atoms with Crippen molar-refractivity contribution in [1.29, 1.82) is 0 Å². The molecule has 0 fully saturated rings. The van der Waals surface area contributed by atoms with Gasteiger partial charge in [0.05, 0.1) is 24.0 Å². The average Bonchev–Trinajstić information content (AvgIpc) is 1.51. The van der Waals surface area contributed by atoms with Gasteiger partial charge >= 0.3 is 0 Å². The van der Waals surface area contributed by atoms with E-state index in [9.17, 15) is 0 Å². The van der Waals surface area contributed by atoms with Crippen LogP contribution in [-0.4, -0.2) is 13.2 Å². The Labute approximate surface area is 722 Å². The van der Waals surface area contributed by atoms with Crippen molar-refractivity contribution in [2.75, 3.05) is 13.2 Å². The van der Waals surface area contributed by atoms with Crippen molar-refractivity contribution in [1.82, 2.24) is 0 Å². The fourth-order valence-corrected chi connectivity index (χ4v) is 18.1. The van der Waals surface area contributed by atoms with Gasteiger partial charge in [0.2, 0.25) is 0 Å². The predicted molar refractivity (Wildman–Crippen MR) is 522 cm³/mol. The molecular formula is C116H156O2. The summed E-state index contributed by atoms with van der Waals surface area (Å²) in [6.45, 7) is 54.9. The maximum Gasteiger partial charge on any atom is 0.119 e. The van der Waals surface area contributed by atoms with Crippen molar-refractivity contribution >= 4 is 0 Å². The SMILES string of the molecule is CC.CC.CC.CC.CC.CC.CC(C)(C)c1ccc2c(c1)C1(c3ccccc3-c3ccccc31)c1cc(C(C)(C)C)ccc1-2.CCCCCCC1(CCCCCC)c2ccccc2-c2ccccc21.CCCCCCOc1ccc(C2(c3ccc(OCCCCCC)cc3)c3ccccc3-c3ccccc32)cc1.Cc1cc(C)cc(C)c1. The largest absolute Gasteiger partial charge is 0.494 e. The molecule has 0 aliphatic heterocycles. The maximum absolute atomic E-state index is 6.11. The third-order valence-corrected chi connectivity index (χ3v) is 23.3. The molecule has 0 heterocycles. The Hall–Kier alpha value is -8.98. The van der Waals surface area contributed by atoms with Crippen molar-refractivity contribution in [2.24, 2.45) is 0 Å². The molecule has 11 aromatic rings. The van der Waals surface area contributed by atoms with Gasteiger partial charge in [-0.1, -0.05) is 483 Å². The lowest BCUT2D eigenvalue weighted by molar-refractivity contribution is 0.305. The molecule has 2 heteroatoms. The Balaban J connectivity index is 0.000000249. The van der Waals surface area contributed by atoms with E-state index in [2.05, 4.69) is 339 Å². The molecule has 11 aromatic carbocycles. The van der Waals surface area contributed by atoms with Gasteiger partial charge < -0.3 is 9.47 Å². The van der Waals surface area contributed by atoms with Gasteiger partial charge in [0, 0.05) is 5.41 Å². The molecule has 0 bridgehead atoms. The second-order valence-corrected chi connectivity index (χ2v) is 33.0. The first kappa shape index (κ1) is 97.8. The molecule has 2 nitrogen and oxygen atoms in total. The summed E-state index contributed by atoms with van der Waals surface area (Å²) in [5, 5.41) is 0. The molecule has 1 spiro atoms. The number of hydrogen-bond acceptors (Lipinski definition) is 2. The van der Waals surface area contributed by atoms with Crippen molar-refractivity contribution in [2.45, 2.75) is 316 Å². The van der Waals surface area contributed by atoms with E-state index in [1.807, 2.05) is 83.1 Å². The second kappa shape index (κ2) is 48.9. The Kier molecular flexibility index (Phi) is 40.6. The summed E-state index contributed by atoms with van der Waals surface area (Å²) >= 11 is 0. The van der Waals surface area contributed by atoms with Crippen LogP contribution in [0, 0.1) is 20.8 Å². The van der Waals surface area contributed by atoms with Crippen LogP contribution in [0.3, 0.4) is 0 Å². The molecule has 4 aliphatic rings. The van der Waals surface area contributed by atoms with Crippen molar-refractivity contribution in [3.63, 3.8) is 0 Å². The van der Waals surface area contributed by atoms with Gasteiger partial charge in [0.1, 0.15) is 11.5 Å².